The normalized spacial score (nSPS) is 14.2. The van der Waals surface area contributed by atoms with E-state index in [1.807, 2.05) is 6.07 Å². The number of hydrogen-bond acceptors (Lipinski definition) is 3. The maximum absolute atomic E-state index is 4.24. The van der Waals surface area contributed by atoms with Crippen molar-refractivity contribution in [3.63, 3.8) is 0 Å². The minimum Gasteiger partial charge on any atom is -0.354 e. The van der Waals surface area contributed by atoms with Gasteiger partial charge < -0.3 is 5.32 Å². The van der Waals surface area contributed by atoms with E-state index in [1.165, 1.54) is 5.56 Å². The fourth-order valence-corrected chi connectivity index (χ4v) is 2.05. The fourth-order valence-electron chi connectivity index (χ4n) is 2.05. The highest BCUT2D eigenvalue weighted by atomic mass is 15.4. The molecule has 1 N–H and O–H groups in total. The van der Waals surface area contributed by atoms with E-state index >= 15 is 0 Å². The van der Waals surface area contributed by atoms with Gasteiger partial charge in [0.1, 0.15) is 5.82 Å². The van der Waals surface area contributed by atoms with Crippen molar-refractivity contribution in [3.8, 4) is 0 Å². The van der Waals surface area contributed by atoms with Crippen molar-refractivity contribution < 1.29 is 0 Å². The molecule has 82 valence electrons. The molecule has 4 heteroatoms. The number of fused-ring (bicyclic) bond motifs is 1. The standard InChI is InChI=1S/C12H14N4/c1-2-5-10(6-3-1)9-11-14-15-12-13-7-4-8-16(11)12/h1-3,5-6H,4,7-9H2,(H,13,15). The SMILES string of the molecule is c1ccc(Cc2nnc3n2CCCN3)cc1. The first kappa shape index (κ1) is 9.39. The molecule has 2 aromatic rings. The van der Waals surface area contributed by atoms with E-state index < -0.39 is 0 Å². The van der Waals surface area contributed by atoms with Crippen molar-refractivity contribution in [1.82, 2.24) is 14.8 Å². The van der Waals surface area contributed by atoms with Crippen LogP contribution < -0.4 is 5.32 Å². The van der Waals surface area contributed by atoms with Gasteiger partial charge in [-0.25, -0.2) is 0 Å². The first-order valence-electron chi connectivity index (χ1n) is 5.63. The highest BCUT2D eigenvalue weighted by Crippen LogP contribution is 2.15. The van der Waals surface area contributed by atoms with Gasteiger partial charge in [-0.2, -0.15) is 0 Å². The molecule has 4 nitrogen and oxygen atoms in total. The third kappa shape index (κ3) is 1.66. The predicted octanol–water partition coefficient (Wildman–Crippen LogP) is 1.68. The zero-order chi connectivity index (χ0) is 10.8. The summed E-state index contributed by atoms with van der Waals surface area (Å²) in [6.45, 7) is 2.03. The molecule has 0 bridgehead atoms. The molecule has 3 rings (SSSR count). The van der Waals surface area contributed by atoms with Crippen LogP contribution >= 0.6 is 0 Å². The Morgan fingerprint density at radius 3 is 2.94 bits per heavy atom. The number of benzene rings is 1. The Balaban J connectivity index is 1.88. The quantitative estimate of drug-likeness (QED) is 0.827. The molecule has 0 atom stereocenters. The maximum atomic E-state index is 4.24. The second kappa shape index (κ2) is 3.96. The van der Waals surface area contributed by atoms with E-state index in [2.05, 4.69) is 44.3 Å². The van der Waals surface area contributed by atoms with Crippen molar-refractivity contribution in [2.75, 3.05) is 11.9 Å². The van der Waals surface area contributed by atoms with E-state index in [4.69, 9.17) is 0 Å². The lowest BCUT2D eigenvalue weighted by Gasteiger charge is -2.16. The molecule has 0 spiro atoms. The van der Waals surface area contributed by atoms with E-state index in [0.717, 1.165) is 37.7 Å². The zero-order valence-electron chi connectivity index (χ0n) is 9.06. The Kier molecular flexibility index (Phi) is 2.33. The summed E-state index contributed by atoms with van der Waals surface area (Å²) in [5.41, 5.74) is 1.28. The van der Waals surface area contributed by atoms with Gasteiger partial charge in [0.05, 0.1) is 0 Å². The van der Waals surface area contributed by atoms with Crippen LogP contribution in [0.15, 0.2) is 30.3 Å². The number of aromatic nitrogens is 3. The van der Waals surface area contributed by atoms with Crippen LogP contribution in [0.2, 0.25) is 0 Å². The predicted molar refractivity (Wildman–Crippen MR) is 62.4 cm³/mol. The van der Waals surface area contributed by atoms with Crippen LogP contribution in [-0.2, 0) is 13.0 Å². The van der Waals surface area contributed by atoms with Crippen molar-refractivity contribution in [3.05, 3.63) is 41.7 Å². The summed E-state index contributed by atoms with van der Waals surface area (Å²) in [6.07, 6.45) is 2.00. The molecule has 1 aliphatic heterocycles. The second-order valence-corrected chi connectivity index (χ2v) is 4.03. The van der Waals surface area contributed by atoms with Gasteiger partial charge in [0.25, 0.3) is 0 Å². The summed E-state index contributed by atoms with van der Waals surface area (Å²) in [5, 5.41) is 11.7. The van der Waals surface area contributed by atoms with E-state index in [1.54, 1.807) is 0 Å². The third-order valence-corrected chi connectivity index (χ3v) is 2.87. The number of hydrogen-bond donors (Lipinski definition) is 1. The monoisotopic (exact) mass is 214 g/mol. The second-order valence-electron chi connectivity index (χ2n) is 4.03. The molecular formula is C12H14N4. The number of rotatable bonds is 2. The lowest BCUT2D eigenvalue weighted by molar-refractivity contribution is 0.605. The minimum absolute atomic E-state index is 0.857. The lowest BCUT2D eigenvalue weighted by atomic mass is 10.1. The molecule has 1 aliphatic rings. The fraction of sp³-hybridized carbons (Fsp3) is 0.333. The Morgan fingerprint density at radius 2 is 2.06 bits per heavy atom. The van der Waals surface area contributed by atoms with Crippen LogP contribution in [0.4, 0.5) is 5.95 Å². The van der Waals surface area contributed by atoms with Gasteiger partial charge in [0.15, 0.2) is 0 Å². The van der Waals surface area contributed by atoms with Crippen LogP contribution in [-0.4, -0.2) is 21.3 Å². The third-order valence-electron chi connectivity index (χ3n) is 2.87. The molecule has 0 fully saturated rings. The molecular weight excluding hydrogens is 200 g/mol. The van der Waals surface area contributed by atoms with Crippen LogP contribution in [0.5, 0.6) is 0 Å². The number of anilines is 1. The summed E-state index contributed by atoms with van der Waals surface area (Å²) in [6, 6.07) is 10.4. The van der Waals surface area contributed by atoms with Crippen LogP contribution in [0.1, 0.15) is 17.8 Å². The van der Waals surface area contributed by atoms with Crippen molar-refractivity contribution in [2.45, 2.75) is 19.4 Å². The maximum Gasteiger partial charge on any atom is 0.224 e. The van der Waals surface area contributed by atoms with Crippen LogP contribution in [0, 0.1) is 0 Å². The number of nitrogens with one attached hydrogen (secondary N) is 1. The van der Waals surface area contributed by atoms with E-state index in [0.29, 0.717) is 0 Å². The average Bonchev–Trinajstić information content (AvgIpc) is 2.74. The summed E-state index contributed by atoms with van der Waals surface area (Å²) in [4.78, 5) is 0. The lowest BCUT2D eigenvalue weighted by Crippen LogP contribution is -2.18. The topological polar surface area (TPSA) is 42.7 Å². The molecule has 16 heavy (non-hydrogen) atoms. The Hall–Kier alpha value is -1.84. The Bertz CT molecular complexity index is 475. The average molecular weight is 214 g/mol. The Morgan fingerprint density at radius 1 is 1.19 bits per heavy atom. The first-order valence-corrected chi connectivity index (χ1v) is 5.63. The van der Waals surface area contributed by atoms with Gasteiger partial charge in [-0.3, -0.25) is 4.57 Å². The van der Waals surface area contributed by atoms with E-state index in [9.17, 15) is 0 Å². The summed E-state index contributed by atoms with van der Waals surface area (Å²) in [7, 11) is 0. The highest BCUT2D eigenvalue weighted by molar-refractivity contribution is 5.29. The van der Waals surface area contributed by atoms with Gasteiger partial charge >= 0.3 is 0 Å². The summed E-state index contributed by atoms with van der Waals surface area (Å²) >= 11 is 0. The Labute approximate surface area is 94.3 Å². The zero-order valence-corrected chi connectivity index (χ0v) is 9.06. The van der Waals surface area contributed by atoms with Gasteiger partial charge in [-0.1, -0.05) is 30.3 Å². The van der Waals surface area contributed by atoms with Crippen LogP contribution in [0.3, 0.4) is 0 Å². The molecule has 0 aliphatic carbocycles. The van der Waals surface area contributed by atoms with E-state index in [-0.39, 0.29) is 0 Å². The van der Waals surface area contributed by atoms with Crippen molar-refractivity contribution >= 4 is 5.95 Å². The number of nitrogens with zero attached hydrogens (tertiary/aromatic N) is 3. The van der Waals surface area contributed by atoms with Crippen molar-refractivity contribution in [2.24, 2.45) is 0 Å². The largest absolute Gasteiger partial charge is 0.354 e. The van der Waals surface area contributed by atoms with Crippen molar-refractivity contribution in [1.29, 1.82) is 0 Å². The molecule has 0 saturated heterocycles. The summed E-state index contributed by atoms with van der Waals surface area (Å²) < 4.78 is 2.18. The first-order chi connectivity index (χ1) is 7.93. The van der Waals surface area contributed by atoms with Crippen LogP contribution in [0.25, 0.3) is 0 Å². The smallest absolute Gasteiger partial charge is 0.224 e. The molecule has 0 radical (unpaired) electrons. The van der Waals surface area contributed by atoms with Gasteiger partial charge in [0, 0.05) is 19.5 Å². The molecule has 2 heterocycles. The van der Waals surface area contributed by atoms with Gasteiger partial charge in [-0.05, 0) is 12.0 Å². The molecule has 0 amide bonds. The van der Waals surface area contributed by atoms with Gasteiger partial charge in [0.2, 0.25) is 5.95 Å². The summed E-state index contributed by atoms with van der Waals surface area (Å²) in [5.74, 6) is 1.96. The van der Waals surface area contributed by atoms with Gasteiger partial charge in [-0.15, -0.1) is 10.2 Å². The molecule has 0 saturated carbocycles. The molecule has 1 aromatic heterocycles. The highest BCUT2D eigenvalue weighted by Gasteiger charge is 2.14. The minimum atomic E-state index is 0.857. The molecule has 0 unspecified atom stereocenters. The molecule has 1 aromatic carbocycles.